The monoisotopic (exact) mass is 225 g/mol. The van der Waals surface area contributed by atoms with Crippen molar-refractivity contribution in [3.63, 3.8) is 0 Å². The second kappa shape index (κ2) is 6.12. The lowest BCUT2D eigenvalue weighted by Crippen LogP contribution is -2.15. The summed E-state index contributed by atoms with van der Waals surface area (Å²) < 4.78 is 0. The molecule has 0 aliphatic carbocycles. The van der Waals surface area contributed by atoms with Gasteiger partial charge in [0.1, 0.15) is 0 Å². The number of aryl methyl sites for hydroxylation is 1. The summed E-state index contributed by atoms with van der Waals surface area (Å²) in [6.07, 6.45) is 5.12. The minimum absolute atomic E-state index is 0.207. The maximum Gasteiger partial charge on any atom is 0.0447 e. The van der Waals surface area contributed by atoms with E-state index in [1.54, 1.807) is 0 Å². The Morgan fingerprint density at radius 3 is 2.80 bits per heavy atom. The van der Waals surface area contributed by atoms with Gasteiger partial charge in [-0.25, -0.2) is 0 Å². The van der Waals surface area contributed by atoms with Gasteiger partial charge in [-0.15, -0.1) is 11.6 Å². The minimum atomic E-state index is 0.207. The first-order valence-electron chi connectivity index (χ1n) is 5.69. The molecule has 0 amide bonds. The highest BCUT2D eigenvalue weighted by molar-refractivity contribution is 6.20. The van der Waals surface area contributed by atoms with Gasteiger partial charge in [0.05, 0.1) is 0 Å². The summed E-state index contributed by atoms with van der Waals surface area (Å²) in [6.45, 7) is 6.52. The van der Waals surface area contributed by atoms with Crippen molar-refractivity contribution in [2.45, 2.75) is 45.4 Å². The molecule has 0 N–H and O–H groups in total. The molecule has 84 valence electrons. The number of hydrogen-bond acceptors (Lipinski definition) is 1. The minimum Gasteiger partial charge on any atom is -0.261 e. The summed E-state index contributed by atoms with van der Waals surface area (Å²) in [6, 6.07) is 4.06. The van der Waals surface area contributed by atoms with Crippen LogP contribution in [0.4, 0.5) is 0 Å². The number of pyridine rings is 1. The van der Waals surface area contributed by atoms with Gasteiger partial charge in [0.25, 0.3) is 0 Å². The van der Waals surface area contributed by atoms with Crippen LogP contribution in [0.3, 0.4) is 0 Å². The molecular weight excluding hydrogens is 206 g/mol. The van der Waals surface area contributed by atoms with Crippen molar-refractivity contribution >= 4 is 11.6 Å². The third kappa shape index (κ3) is 3.83. The van der Waals surface area contributed by atoms with E-state index in [1.165, 1.54) is 18.4 Å². The van der Waals surface area contributed by atoms with Crippen LogP contribution >= 0.6 is 11.6 Å². The molecule has 1 aromatic rings. The van der Waals surface area contributed by atoms with Gasteiger partial charge in [-0.3, -0.25) is 4.98 Å². The Hall–Kier alpha value is -0.560. The van der Waals surface area contributed by atoms with Crippen LogP contribution in [0.25, 0.3) is 0 Å². The molecular formula is C13H20ClN. The molecule has 0 saturated heterocycles. The van der Waals surface area contributed by atoms with Crippen molar-refractivity contribution in [3.05, 3.63) is 29.6 Å². The van der Waals surface area contributed by atoms with E-state index in [9.17, 15) is 0 Å². The average molecular weight is 226 g/mol. The summed E-state index contributed by atoms with van der Waals surface area (Å²) in [7, 11) is 0. The van der Waals surface area contributed by atoms with E-state index in [0.717, 1.165) is 12.1 Å². The fourth-order valence-electron chi connectivity index (χ4n) is 1.75. The molecule has 0 aromatic carbocycles. The zero-order valence-corrected chi connectivity index (χ0v) is 10.6. The molecule has 0 aliphatic rings. The molecule has 0 fully saturated rings. The van der Waals surface area contributed by atoms with Gasteiger partial charge in [0.2, 0.25) is 0 Å². The number of rotatable bonds is 5. The second-order valence-electron chi connectivity index (χ2n) is 4.25. The Kier molecular flexibility index (Phi) is 5.10. The van der Waals surface area contributed by atoms with Crippen molar-refractivity contribution in [2.75, 3.05) is 0 Å². The number of hydrogen-bond donors (Lipinski definition) is 0. The van der Waals surface area contributed by atoms with Crippen LogP contribution in [0.5, 0.6) is 0 Å². The van der Waals surface area contributed by atoms with E-state index in [1.807, 2.05) is 12.3 Å². The number of alkyl halides is 1. The number of nitrogens with zero attached hydrogens (tertiary/aromatic N) is 1. The molecule has 1 rings (SSSR count). The molecule has 0 bridgehead atoms. The molecule has 2 heteroatoms. The Bertz CT molecular complexity index is 298. The zero-order chi connectivity index (χ0) is 11.3. The maximum atomic E-state index is 6.38. The van der Waals surface area contributed by atoms with Crippen LogP contribution in [-0.4, -0.2) is 10.4 Å². The van der Waals surface area contributed by atoms with Crippen LogP contribution in [0, 0.1) is 12.8 Å². The lowest BCUT2D eigenvalue weighted by Gasteiger charge is -2.17. The summed E-state index contributed by atoms with van der Waals surface area (Å²) in [5.74, 6) is 0.568. The Labute approximate surface area is 97.9 Å². The highest BCUT2D eigenvalue weighted by Gasteiger charge is 2.15. The molecule has 0 radical (unpaired) electrons. The first-order valence-corrected chi connectivity index (χ1v) is 6.13. The van der Waals surface area contributed by atoms with E-state index >= 15 is 0 Å². The maximum absolute atomic E-state index is 6.38. The fourth-order valence-corrected chi connectivity index (χ4v) is 2.03. The predicted octanol–water partition coefficient (Wildman–Crippen LogP) is 3.98. The van der Waals surface area contributed by atoms with Gasteiger partial charge in [0, 0.05) is 23.7 Å². The largest absolute Gasteiger partial charge is 0.261 e. The van der Waals surface area contributed by atoms with E-state index in [2.05, 4.69) is 31.8 Å². The van der Waals surface area contributed by atoms with E-state index in [-0.39, 0.29) is 5.38 Å². The first kappa shape index (κ1) is 12.5. The van der Waals surface area contributed by atoms with Gasteiger partial charge >= 0.3 is 0 Å². The van der Waals surface area contributed by atoms with Crippen LogP contribution in [0.15, 0.2) is 18.3 Å². The lowest BCUT2D eigenvalue weighted by molar-refractivity contribution is 0.491. The standard InChI is InChI=1S/C13H20ClN/c1-4-6-10(2)12(14)9-13-11(3)7-5-8-15-13/h5,7-8,10,12H,4,6,9H2,1-3H3. The first-order chi connectivity index (χ1) is 7.15. The Morgan fingerprint density at radius 1 is 1.47 bits per heavy atom. The molecule has 2 unspecified atom stereocenters. The topological polar surface area (TPSA) is 12.9 Å². The molecule has 1 heterocycles. The van der Waals surface area contributed by atoms with Crippen molar-refractivity contribution in [3.8, 4) is 0 Å². The van der Waals surface area contributed by atoms with Crippen LogP contribution < -0.4 is 0 Å². The zero-order valence-electron chi connectivity index (χ0n) is 9.83. The second-order valence-corrected chi connectivity index (χ2v) is 4.81. The quantitative estimate of drug-likeness (QED) is 0.691. The molecule has 1 aromatic heterocycles. The van der Waals surface area contributed by atoms with E-state index < -0.39 is 0 Å². The fraction of sp³-hybridized carbons (Fsp3) is 0.615. The molecule has 0 aliphatic heterocycles. The summed E-state index contributed by atoms with van der Waals surface area (Å²) >= 11 is 6.38. The molecule has 1 nitrogen and oxygen atoms in total. The Morgan fingerprint density at radius 2 is 2.20 bits per heavy atom. The molecule has 2 atom stereocenters. The van der Waals surface area contributed by atoms with Crippen molar-refractivity contribution in [2.24, 2.45) is 5.92 Å². The van der Waals surface area contributed by atoms with E-state index in [4.69, 9.17) is 11.6 Å². The van der Waals surface area contributed by atoms with Gasteiger partial charge < -0.3 is 0 Å². The molecule has 0 saturated carbocycles. The van der Waals surface area contributed by atoms with Gasteiger partial charge in [-0.05, 0) is 30.9 Å². The highest BCUT2D eigenvalue weighted by atomic mass is 35.5. The van der Waals surface area contributed by atoms with Crippen molar-refractivity contribution < 1.29 is 0 Å². The van der Waals surface area contributed by atoms with Crippen LogP contribution in [0.2, 0.25) is 0 Å². The number of halogens is 1. The average Bonchev–Trinajstić information content (AvgIpc) is 2.21. The Balaban J connectivity index is 2.58. The van der Waals surface area contributed by atoms with Gasteiger partial charge in [-0.2, -0.15) is 0 Å². The highest BCUT2D eigenvalue weighted by Crippen LogP contribution is 2.20. The van der Waals surface area contributed by atoms with Crippen LogP contribution in [-0.2, 0) is 6.42 Å². The smallest absolute Gasteiger partial charge is 0.0447 e. The number of aromatic nitrogens is 1. The van der Waals surface area contributed by atoms with Crippen LogP contribution in [0.1, 0.15) is 37.9 Å². The van der Waals surface area contributed by atoms with E-state index in [0.29, 0.717) is 5.92 Å². The predicted molar refractivity (Wildman–Crippen MR) is 66.4 cm³/mol. The van der Waals surface area contributed by atoms with Gasteiger partial charge in [0.15, 0.2) is 0 Å². The summed E-state index contributed by atoms with van der Waals surface area (Å²) in [4.78, 5) is 4.38. The summed E-state index contributed by atoms with van der Waals surface area (Å²) in [5.41, 5.74) is 2.38. The van der Waals surface area contributed by atoms with Gasteiger partial charge in [-0.1, -0.05) is 26.3 Å². The molecule has 0 spiro atoms. The summed E-state index contributed by atoms with van der Waals surface area (Å²) in [5, 5.41) is 0.207. The van der Waals surface area contributed by atoms with Crippen molar-refractivity contribution in [1.29, 1.82) is 0 Å². The SMILES string of the molecule is CCCC(C)C(Cl)Cc1ncccc1C. The normalized spacial score (nSPS) is 14.9. The van der Waals surface area contributed by atoms with Crippen molar-refractivity contribution in [1.82, 2.24) is 4.98 Å². The third-order valence-electron chi connectivity index (χ3n) is 2.87. The lowest BCUT2D eigenvalue weighted by atomic mass is 9.97. The molecule has 15 heavy (non-hydrogen) atoms. The third-order valence-corrected chi connectivity index (χ3v) is 3.45.